The van der Waals surface area contributed by atoms with E-state index in [1.54, 1.807) is 0 Å². The lowest BCUT2D eigenvalue weighted by atomic mass is 10.1. The fraction of sp³-hybridized carbons (Fsp3) is 0.176. The molecule has 3 nitrogen and oxygen atoms in total. The van der Waals surface area contributed by atoms with Crippen molar-refractivity contribution in [1.29, 1.82) is 0 Å². The minimum Gasteiger partial charge on any atom is -0.457 e. The standard InChI is InChI=1S/C17H18N2O/c1-2-12-4-3-5-15(10-12)20-14-8-6-13(7-9-14)17(18)16-11-19-16/h3-11,17,19H,2,18H2,1H3. The second-order valence-electron chi connectivity index (χ2n) is 4.89. The van der Waals surface area contributed by atoms with Gasteiger partial charge in [0.1, 0.15) is 11.5 Å². The van der Waals surface area contributed by atoms with Gasteiger partial charge in [0.05, 0.1) is 11.7 Å². The number of hydrogen-bond donors (Lipinski definition) is 2. The van der Waals surface area contributed by atoms with Gasteiger partial charge in [-0.1, -0.05) is 31.2 Å². The number of rotatable bonds is 5. The molecule has 2 aromatic rings. The van der Waals surface area contributed by atoms with Crippen molar-refractivity contribution in [1.82, 2.24) is 5.32 Å². The van der Waals surface area contributed by atoms with Gasteiger partial charge in [0.2, 0.25) is 0 Å². The Morgan fingerprint density at radius 2 is 1.85 bits per heavy atom. The largest absolute Gasteiger partial charge is 0.457 e. The predicted molar refractivity (Wildman–Crippen MR) is 80.5 cm³/mol. The van der Waals surface area contributed by atoms with Crippen LogP contribution in [0.15, 0.2) is 60.4 Å². The Morgan fingerprint density at radius 1 is 1.10 bits per heavy atom. The molecule has 0 fully saturated rings. The first-order chi connectivity index (χ1) is 9.76. The molecular weight excluding hydrogens is 248 g/mol. The fourth-order valence-electron chi connectivity index (χ4n) is 2.11. The Balaban J connectivity index is 1.72. The van der Waals surface area contributed by atoms with Crippen LogP contribution in [0.3, 0.4) is 0 Å². The first kappa shape index (κ1) is 12.8. The number of aryl methyl sites for hydroxylation is 1. The van der Waals surface area contributed by atoms with Crippen molar-refractivity contribution in [2.75, 3.05) is 0 Å². The third kappa shape index (κ3) is 2.83. The van der Waals surface area contributed by atoms with Crippen LogP contribution in [0, 0.1) is 0 Å². The molecule has 3 heteroatoms. The van der Waals surface area contributed by atoms with E-state index in [0.717, 1.165) is 29.2 Å². The summed E-state index contributed by atoms with van der Waals surface area (Å²) in [7, 11) is 0. The Morgan fingerprint density at radius 3 is 2.50 bits per heavy atom. The smallest absolute Gasteiger partial charge is 0.127 e. The first-order valence-electron chi connectivity index (χ1n) is 6.85. The van der Waals surface area contributed by atoms with E-state index in [0.29, 0.717) is 0 Å². The lowest BCUT2D eigenvalue weighted by molar-refractivity contribution is 0.481. The van der Waals surface area contributed by atoms with Gasteiger partial charge < -0.3 is 15.8 Å². The molecule has 20 heavy (non-hydrogen) atoms. The zero-order valence-electron chi connectivity index (χ0n) is 11.5. The summed E-state index contributed by atoms with van der Waals surface area (Å²) in [4.78, 5) is 0. The van der Waals surface area contributed by atoms with E-state index in [2.05, 4.69) is 24.4 Å². The van der Waals surface area contributed by atoms with Gasteiger partial charge in [-0.05, 0) is 41.8 Å². The third-order valence-corrected chi connectivity index (χ3v) is 3.43. The van der Waals surface area contributed by atoms with E-state index < -0.39 is 0 Å². The average Bonchev–Trinajstić information content (AvgIpc) is 3.32. The molecule has 102 valence electrons. The number of nitrogens with two attached hydrogens (primary N) is 1. The van der Waals surface area contributed by atoms with E-state index >= 15 is 0 Å². The second kappa shape index (κ2) is 5.39. The fourth-order valence-corrected chi connectivity index (χ4v) is 2.11. The van der Waals surface area contributed by atoms with Crippen LogP contribution in [0.4, 0.5) is 0 Å². The lowest BCUT2D eigenvalue weighted by Crippen LogP contribution is -2.11. The maximum Gasteiger partial charge on any atom is 0.127 e. The summed E-state index contributed by atoms with van der Waals surface area (Å²) in [6.07, 6.45) is 2.93. The molecule has 1 atom stereocenters. The number of nitrogens with one attached hydrogen (secondary N) is 1. The highest BCUT2D eigenvalue weighted by atomic mass is 16.5. The zero-order valence-corrected chi connectivity index (χ0v) is 11.5. The van der Waals surface area contributed by atoms with E-state index in [4.69, 9.17) is 10.5 Å². The van der Waals surface area contributed by atoms with Gasteiger partial charge in [0, 0.05) is 6.20 Å². The van der Waals surface area contributed by atoms with Crippen molar-refractivity contribution in [3.05, 3.63) is 71.6 Å². The normalized spacial score (nSPS) is 14.2. The van der Waals surface area contributed by atoms with Crippen LogP contribution >= 0.6 is 0 Å². The van der Waals surface area contributed by atoms with Gasteiger partial charge >= 0.3 is 0 Å². The minimum atomic E-state index is -0.0625. The number of ether oxygens (including phenoxy) is 1. The maximum absolute atomic E-state index is 6.07. The Labute approximate surface area is 119 Å². The molecule has 0 radical (unpaired) electrons. The molecule has 0 aromatic heterocycles. The highest BCUT2D eigenvalue weighted by molar-refractivity contribution is 5.39. The molecule has 1 aliphatic rings. The summed E-state index contributed by atoms with van der Waals surface area (Å²) in [6.45, 7) is 2.13. The summed E-state index contributed by atoms with van der Waals surface area (Å²) in [5, 5.41) is 3.04. The van der Waals surface area contributed by atoms with Gasteiger partial charge in [-0.3, -0.25) is 0 Å². The highest BCUT2D eigenvalue weighted by Gasteiger charge is 2.17. The van der Waals surface area contributed by atoms with Gasteiger partial charge in [-0.15, -0.1) is 0 Å². The molecule has 3 rings (SSSR count). The van der Waals surface area contributed by atoms with Crippen LogP contribution in [0.2, 0.25) is 0 Å². The minimum absolute atomic E-state index is 0.0625. The van der Waals surface area contributed by atoms with Crippen LogP contribution in [-0.4, -0.2) is 0 Å². The average molecular weight is 266 g/mol. The maximum atomic E-state index is 6.07. The van der Waals surface area contributed by atoms with E-state index in [1.807, 2.05) is 42.6 Å². The van der Waals surface area contributed by atoms with Crippen LogP contribution in [0.1, 0.15) is 24.1 Å². The topological polar surface area (TPSA) is 57.2 Å². The summed E-state index contributed by atoms with van der Waals surface area (Å²) in [5.41, 5.74) is 9.50. The van der Waals surface area contributed by atoms with Crippen LogP contribution < -0.4 is 15.8 Å². The van der Waals surface area contributed by atoms with Gasteiger partial charge in [0.25, 0.3) is 0 Å². The molecule has 0 saturated carbocycles. The predicted octanol–water partition coefficient (Wildman–Crippen LogP) is 3.49. The lowest BCUT2D eigenvalue weighted by Gasteiger charge is -2.10. The van der Waals surface area contributed by atoms with Crippen LogP contribution in [-0.2, 0) is 6.42 Å². The molecule has 1 unspecified atom stereocenters. The molecule has 3 N–H and O–H groups in total. The monoisotopic (exact) mass is 266 g/mol. The molecule has 0 saturated heterocycles. The summed E-state index contributed by atoms with van der Waals surface area (Å²) >= 11 is 0. The second-order valence-corrected chi connectivity index (χ2v) is 4.89. The molecule has 0 spiro atoms. The molecule has 1 heterocycles. The van der Waals surface area contributed by atoms with E-state index in [9.17, 15) is 0 Å². The molecule has 0 bridgehead atoms. The van der Waals surface area contributed by atoms with Crippen LogP contribution in [0.5, 0.6) is 11.5 Å². The summed E-state index contributed by atoms with van der Waals surface area (Å²) in [5.74, 6) is 1.69. The number of hydrogen-bond acceptors (Lipinski definition) is 3. The number of benzene rings is 2. The molecule has 0 amide bonds. The molecule has 2 aromatic carbocycles. The van der Waals surface area contributed by atoms with Crippen molar-refractivity contribution in [2.24, 2.45) is 5.73 Å². The summed E-state index contributed by atoms with van der Waals surface area (Å²) < 4.78 is 5.86. The SMILES string of the molecule is CCc1cccc(Oc2ccc(C(N)C3=CN3)cc2)c1. The summed E-state index contributed by atoms with van der Waals surface area (Å²) in [6, 6.07) is 16.0. The van der Waals surface area contributed by atoms with Gasteiger partial charge in [-0.2, -0.15) is 0 Å². The van der Waals surface area contributed by atoms with E-state index in [-0.39, 0.29) is 6.04 Å². The quantitative estimate of drug-likeness (QED) is 0.871. The van der Waals surface area contributed by atoms with Crippen molar-refractivity contribution in [2.45, 2.75) is 19.4 Å². The first-order valence-corrected chi connectivity index (χ1v) is 6.85. The Hall–Kier alpha value is -2.26. The van der Waals surface area contributed by atoms with Crippen molar-refractivity contribution in [3.63, 3.8) is 0 Å². The van der Waals surface area contributed by atoms with Crippen molar-refractivity contribution >= 4 is 0 Å². The van der Waals surface area contributed by atoms with Crippen molar-refractivity contribution < 1.29 is 4.74 Å². The van der Waals surface area contributed by atoms with E-state index in [1.165, 1.54) is 5.56 Å². The van der Waals surface area contributed by atoms with Crippen molar-refractivity contribution in [3.8, 4) is 11.5 Å². The highest BCUT2D eigenvalue weighted by Crippen LogP contribution is 2.27. The molecule has 0 aliphatic carbocycles. The van der Waals surface area contributed by atoms with Gasteiger partial charge in [-0.25, -0.2) is 0 Å². The molecular formula is C17H18N2O. The molecule has 1 aliphatic heterocycles. The van der Waals surface area contributed by atoms with Crippen LogP contribution in [0.25, 0.3) is 0 Å². The Bertz CT molecular complexity index is 632. The Kier molecular flexibility index (Phi) is 3.44. The van der Waals surface area contributed by atoms with Gasteiger partial charge in [0.15, 0.2) is 0 Å². The zero-order chi connectivity index (χ0) is 13.9. The third-order valence-electron chi connectivity index (χ3n) is 3.43.